The molecule has 1 aromatic heterocycles. The van der Waals surface area contributed by atoms with Crippen LogP contribution in [0.25, 0.3) is 0 Å². The highest BCUT2D eigenvalue weighted by Gasteiger charge is 2.31. The predicted molar refractivity (Wildman–Crippen MR) is 89.0 cm³/mol. The molecule has 0 N–H and O–H groups in total. The van der Waals surface area contributed by atoms with E-state index in [2.05, 4.69) is 14.9 Å². The van der Waals surface area contributed by atoms with Crippen LogP contribution >= 0.6 is 0 Å². The third-order valence-electron chi connectivity index (χ3n) is 5.62. The van der Waals surface area contributed by atoms with Crippen molar-refractivity contribution in [1.82, 2.24) is 14.9 Å². The highest BCUT2D eigenvalue weighted by Crippen LogP contribution is 2.33. The van der Waals surface area contributed by atoms with E-state index in [9.17, 15) is 4.79 Å². The van der Waals surface area contributed by atoms with Crippen LogP contribution in [0.15, 0.2) is 0 Å². The van der Waals surface area contributed by atoms with Crippen molar-refractivity contribution >= 4 is 11.7 Å². The van der Waals surface area contributed by atoms with Gasteiger partial charge in [-0.1, -0.05) is 25.7 Å². The first kappa shape index (κ1) is 14.9. The van der Waals surface area contributed by atoms with Crippen molar-refractivity contribution in [3.05, 3.63) is 17.1 Å². The molecule has 124 valence electrons. The average Bonchev–Trinajstić information content (AvgIpc) is 3.11. The lowest BCUT2D eigenvalue weighted by Crippen LogP contribution is -2.38. The summed E-state index contributed by atoms with van der Waals surface area (Å²) in [5.41, 5.74) is 2.25. The molecule has 0 radical (unpaired) electrons. The zero-order valence-electron chi connectivity index (χ0n) is 14.1. The zero-order valence-corrected chi connectivity index (χ0v) is 14.1. The maximum Gasteiger partial charge on any atom is 0.223 e. The summed E-state index contributed by atoms with van der Waals surface area (Å²) in [4.78, 5) is 26.1. The zero-order chi connectivity index (χ0) is 15.8. The monoisotopic (exact) mass is 314 g/mol. The number of hydrogen-bond acceptors (Lipinski definition) is 4. The molecule has 4 rings (SSSR count). The Hall–Kier alpha value is -1.65. The van der Waals surface area contributed by atoms with Crippen LogP contribution in [0, 0.1) is 12.8 Å². The van der Waals surface area contributed by atoms with E-state index >= 15 is 0 Å². The fourth-order valence-corrected chi connectivity index (χ4v) is 4.11. The van der Waals surface area contributed by atoms with Crippen LogP contribution in [0.4, 0.5) is 5.82 Å². The number of amides is 1. The molecule has 5 nitrogen and oxygen atoms in total. The maximum absolute atomic E-state index is 12.6. The molecular weight excluding hydrogens is 288 g/mol. The van der Waals surface area contributed by atoms with Gasteiger partial charge in [-0.3, -0.25) is 4.79 Å². The Labute approximate surface area is 138 Å². The standard InChI is InChI=1S/C18H26N4O/c1-13-19-16-12-22(17(23)8-7-14-5-2-3-6-14)11-15(16)18(20-13)21-9-4-10-21/h14H,2-12H2,1H3. The third-order valence-corrected chi connectivity index (χ3v) is 5.62. The fraction of sp³-hybridized carbons (Fsp3) is 0.722. The topological polar surface area (TPSA) is 49.3 Å². The molecule has 0 spiro atoms. The van der Waals surface area contributed by atoms with Gasteiger partial charge in [-0.15, -0.1) is 0 Å². The highest BCUT2D eigenvalue weighted by atomic mass is 16.2. The van der Waals surface area contributed by atoms with Crippen LogP contribution < -0.4 is 4.90 Å². The third kappa shape index (κ3) is 2.93. The first-order valence-corrected chi connectivity index (χ1v) is 9.10. The van der Waals surface area contributed by atoms with E-state index in [1.807, 2.05) is 11.8 Å². The predicted octanol–water partition coefficient (Wildman–Crippen LogP) is 2.81. The number of fused-ring (bicyclic) bond motifs is 1. The molecule has 2 aliphatic heterocycles. The number of hydrogen-bond donors (Lipinski definition) is 0. The summed E-state index contributed by atoms with van der Waals surface area (Å²) < 4.78 is 0. The van der Waals surface area contributed by atoms with Crippen molar-refractivity contribution in [2.24, 2.45) is 5.92 Å². The summed E-state index contributed by atoms with van der Waals surface area (Å²) in [7, 11) is 0. The molecule has 1 aliphatic carbocycles. The normalized spacial score (nSPS) is 20.7. The van der Waals surface area contributed by atoms with Crippen molar-refractivity contribution in [3.8, 4) is 0 Å². The van der Waals surface area contributed by atoms with Gasteiger partial charge in [0.2, 0.25) is 5.91 Å². The number of carbonyl (C=O) groups is 1. The lowest BCUT2D eigenvalue weighted by Gasteiger charge is -2.33. The number of anilines is 1. The minimum Gasteiger partial charge on any atom is -0.356 e. The molecule has 1 aromatic rings. The van der Waals surface area contributed by atoms with E-state index < -0.39 is 0 Å². The van der Waals surface area contributed by atoms with Crippen LogP contribution in [0.1, 0.15) is 62.0 Å². The quantitative estimate of drug-likeness (QED) is 0.857. The molecule has 5 heteroatoms. The molecule has 0 bridgehead atoms. The summed E-state index contributed by atoms with van der Waals surface area (Å²) in [5, 5.41) is 0. The first-order chi connectivity index (χ1) is 11.2. The van der Waals surface area contributed by atoms with Gasteiger partial charge in [0, 0.05) is 25.1 Å². The van der Waals surface area contributed by atoms with Crippen LogP contribution in [0.5, 0.6) is 0 Å². The number of aromatic nitrogens is 2. The Morgan fingerprint density at radius 1 is 1.13 bits per heavy atom. The summed E-state index contributed by atoms with van der Waals surface area (Å²) in [6.45, 7) is 5.49. The van der Waals surface area contributed by atoms with Crippen LogP contribution in [0.2, 0.25) is 0 Å². The van der Waals surface area contributed by atoms with Crippen molar-refractivity contribution in [1.29, 1.82) is 0 Å². The molecule has 0 aromatic carbocycles. The highest BCUT2D eigenvalue weighted by molar-refractivity contribution is 5.77. The summed E-state index contributed by atoms with van der Waals surface area (Å²) in [6.07, 6.45) is 8.33. The van der Waals surface area contributed by atoms with Gasteiger partial charge in [0.1, 0.15) is 11.6 Å². The van der Waals surface area contributed by atoms with Gasteiger partial charge in [-0.2, -0.15) is 0 Å². The molecule has 1 saturated carbocycles. The van der Waals surface area contributed by atoms with E-state index in [-0.39, 0.29) is 0 Å². The van der Waals surface area contributed by atoms with Crippen molar-refractivity contribution < 1.29 is 4.79 Å². The van der Waals surface area contributed by atoms with Crippen LogP contribution in [0.3, 0.4) is 0 Å². The summed E-state index contributed by atoms with van der Waals surface area (Å²) >= 11 is 0. The smallest absolute Gasteiger partial charge is 0.223 e. The van der Waals surface area contributed by atoms with E-state index in [0.717, 1.165) is 42.8 Å². The SMILES string of the molecule is Cc1nc2c(c(N3CCC3)n1)CN(C(=O)CCC1CCCC1)C2. The second-order valence-electron chi connectivity index (χ2n) is 7.30. The minimum atomic E-state index is 0.294. The van der Waals surface area contributed by atoms with Crippen molar-refractivity contribution in [2.75, 3.05) is 18.0 Å². The van der Waals surface area contributed by atoms with E-state index in [4.69, 9.17) is 0 Å². The second kappa shape index (κ2) is 6.10. The summed E-state index contributed by atoms with van der Waals surface area (Å²) in [5.74, 6) is 2.97. The largest absolute Gasteiger partial charge is 0.356 e. The van der Waals surface area contributed by atoms with E-state index in [1.165, 1.54) is 37.7 Å². The lowest BCUT2D eigenvalue weighted by molar-refractivity contribution is -0.132. The molecule has 0 unspecified atom stereocenters. The Morgan fingerprint density at radius 3 is 2.61 bits per heavy atom. The van der Waals surface area contributed by atoms with E-state index in [1.54, 1.807) is 0 Å². The van der Waals surface area contributed by atoms with Crippen molar-refractivity contribution in [3.63, 3.8) is 0 Å². The first-order valence-electron chi connectivity index (χ1n) is 9.10. The Bertz CT molecular complexity index is 605. The van der Waals surface area contributed by atoms with Crippen LogP contribution in [-0.4, -0.2) is 33.9 Å². The van der Waals surface area contributed by atoms with Gasteiger partial charge < -0.3 is 9.80 Å². The van der Waals surface area contributed by atoms with Gasteiger partial charge in [-0.25, -0.2) is 9.97 Å². The lowest BCUT2D eigenvalue weighted by atomic mass is 10.0. The maximum atomic E-state index is 12.6. The molecule has 0 atom stereocenters. The second-order valence-corrected chi connectivity index (χ2v) is 7.30. The molecule has 2 fully saturated rings. The molecular formula is C18H26N4O. The van der Waals surface area contributed by atoms with E-state index in [0.29, 0.717) is 25.4 Å². The van der Waals surface area contributed by atoms with Gasteiger partial charge in [0.25, 0.3) is 0 Å². The molecule has 1 amide bonds. The number of nitrogens with zero attached hydrogens (tertiary/aromatic N) is 4. The molecule has 1 saturated heterocycles. The van der Waals surface area contributed by atoms with Gasteiger partial charge in [-0.05, 0) is 25.7 Å². The van der Waals surface area contributed by atoms with Gasteiger partial charge in [0.15, 0.2) is 0 Å². The fourth-order valence-electron chi connectivity index (χ4n) is 4.11. The Morgan fingerprint density at radius 2 is 1.91 bits per heavy atom. The van der Waals surface area contributed by atoms with Gasteiger partial charge >= 0.3 is 0 Å². The summed E-state index contributed by atoms with van der Waals surface area (Å²) in [6, 6.07) is 0. The number of rotatable bonds is 4. The number of aryl methyl sites for hydroxylation is 1. The Kier molecular flexibility index (Phi) is 3.95. The van der Waals surface area contributed by atoms with Crippen LogP contribution in [-0.2, 0) is 17.9 Å². The minimum absolute atomic E-state index is 0.294. The number of carbonyl (C=O) groups excluding carboxylic acids is 1. The molecule has 3 aliphatic rings. The van der Waals surface area contributed by atoms with Crippen molar-refractivity contribution in [2.45, 2.75) is 65.0 Å². The molecule has 3 heterocycles. The molecule has 23 heavy (non-hydrogen) atoms. The van der Waals surface area contributed by atoms with Gasteiger partial charge in [0.05, 0.1) is 18.8 Å². The average molecular weight is 314 g/mol. The Balaban J connectivity index is 1.43.